The largest absolute Gasteiger partial charge is 0.497 e. The molecule has 0 aliphatic carbocycles. The highest BCUT2D eigenvalue weighted by molar-refractivity contribution is 5.76. The highest BCUT2D eigenvalue weighted by atomic mass is 16.5. The first-order chi connectivity index (χ1) is 9.78. The molecule has 1 heterocycles. The molecule has 1 aliphatic rings. The first kappa shape index (κ1) is 14.9. The number of hydrogen-bond donors (Lipinski definition) is 2. The van der Waals surface area contributed by atoms with Crippen molar-refractivity contribution in [1.29, 1.82) is 0 Å². The van der Waals surface area contributed by atoms with Crippen molar-refractivity contribution in [3.05, 3.63) is 29.8 Å². The van der Waals surface area contributed by atoms with Gasteiger partial charge in [-0.2, -0.15) is 0 Å². The molecule has 4 nitrogen and oxygen atoms in total. The molecule has 0 bridgehead atoms. The molecule has 4 heteroatoms. The van der Waals surface area contributed by atoms with Crippen LogP contribution in [0.5, 0.6) is 5.75 Å². The Kier molecular flexibility index (Phi) is 5.87. The second kappa shape index (κ2) is 7.90. The van der Waals surface area contributed by atoms with E-state index in [1.165, 1.54) is 30.6 Å². The van der Waals surface area contributed by atoms with Gasteiger partial charge in [0.15, 0.2) is 6.54 Å². The minimum atomic E-state index is 0.151. The van der Waals surface area contributed by atoms with Gasteiger partial charge in [0.2, 0.25) is 0 Å². The molecular formula is C16H25N2O2+. The number of ether oxygens (including phenoxy) is 1. The summed E-state index contributed by atoms with van der Waals surface area (Å²) in [6, 6.07) is 7.80. The van der Waals surface area contributed by atoms with Gasteiger partial charge in [0.05, 0.1) is 20.2 Å². The molecule has 1 saturated heterocycles. The third-order valence-corrected chi connectivity index (χ3v) is 3.87. The number of quaternary nitrogens is 1. The van der Waals surface area contributed by atoms with E-state index in [0.29, 0.717) is 13.1 Å². The van der Waals surface area contributed by atoms with E-state index >= 15 is 0 Å². The van der Waals surface area contributed by atoms with Crippen molar-refractivity contribution in [1.82, 2.24) is 5.32 Å². The second-order valence-electron chi connectivity index (χ2n) is 5.47. The lowest BCUT2D eigenvalue weighted by molar-refractivity contribution is -0.891. The summed E-state index contributed by atoms with van der Waals surface area (Å²) in [5.74, 6) is 0.992. The van der Waals surface area contributed by atoms with Gasteiger partial charge >= 0.3 is 0 Å². The molecule has 0 atom stereocenters. The van der Waals surface area contributed by atoms with Crippen molar-refractivity contribution >= 4 is 5.91 Å². The molecule has 0 aromatic heterocycles. The van der Waals surface area contributed by atoms with Gasteiger partial charge in [0.25, 0.3) is 5.91 Å². The maximum Gasteiger partial charge on any atom is 0.275 e. The number of nitrogens with one attached hydrogen (secondary N) is 2. The number of likely N-dealkylation sites (tertiary alicyclic amines) is 1. The lowest BCUT2D eigenvalue weighted by Gasteiger charge is -2.16. The van der Waals surface area contributed by atoms with Crippen molar-refractivity contribution in [2.24, 2.45) is 0 Å². The highest BCUT2D eigenvalue weighted by Gasteiger charge is 2.15. The van der Waals surface area contributed by atoms with E-state index in [2.05, 4.69) is 5.32 Å². The predicted octanol–water partition coefficient (Wildman–Crippen LogP) is 0.770. The monoisotopic (exact) mass is 277 g/mol. The van der Waals surface area contributed by atoms with E-state index in [9.17, 15) is 4.79 Å². The number of rotatable bonds is 5. The SMILES string of the molecule is COc1ccc(CNC(=O)C[NH+]2CCCCCC2)cc1. The Morgan fingerprint density at radius 3 is 2.40 bits per heavy atom. The fourth-order valence-electron chi connectivity index (χ4n) is 2.64. The van der Waals surface area contributed by atoms with Crippen LogP contribution < -0.4 is 15.0 Å². The van der Waals surface area contributed by atoms with Crippen molar-refractivity contribution in [2.75, 3.05) is 26.7 Å². The second-order valence-corrected chi connectivity index (χ2v) is 5.47. The summed E-state index contributed by atoms with van der Waals surface area (Å²) < 4.78 is 5.12. The molecule has 0 saturated carbocycles. The molecule has 1 aliphatic heterocycles. The van der Waals surface area contributed by atoms with Crippen molar-refractivity contribution in [3.8, 4) is 5.75 Å². The summed E-state index contributed by atoms with van der Waals surface area (Å²) in [6.45, 7) is 3.47. The highest BCUT2D eigenvalue weighted by Crippen LogP contribution is 2.10. The summed E-state index contributed by atoms with van der Waals surface area (Å²) in [6.07, 6.45) is 5.14. The first-order valence-corrected chi connectivity index (χ1v) is 7.51. The van der Waals surface area contributed by atoms with Gasteiger partial charge in [-0.25, -0.2) is 0 Å². The lowest BCUT2D eigenvalue weighted by Crippen LogP contribution is -3.13. The number of carbonyl (C=O) groups is 1. The third kappa shape index (κ3) is 4.85. The summed E-state index contributed by atoms with van der Waals surface area (Å²) in [7, 11) is 1.65. The molecule has 0 spiro atoms. The maximum atomic E-state index is 12.0. The van der Waals surface area contributed by atoms with Crippen molar-refractivity contribution in [2.45, 2.75) is 32.2 Å². The molecule has 1 fully saturated rings. The average Bonchev–Trinajstić information content (AvgIpc) is 2.74. The number of amides is 1. The van der Waals surface area contributed by atoms with Gasteiger partial charge in [0.1, 0.15) is 5.75 Å². The Bertz CT molecular complexity index is 409. The van der Waals surface area contributed by atoms with E-state index in [0.717, 1.165) is 24.4 Å². The van der Waals surface area contributed by atoms with Crippen LogP contribution in [0.2, 0.25) is 0 Å². The molecule has 1 amide bonds. The standard InChI is InChI=1S/C16H24N2O2/c1-20-15-8-6-14(7-9-15)12-17-16(19)13-18-10-4-2-3-5-11-18/h6-9H,2-5,10-13H2,1H3,(H,17,19)/p+1. The van der Waals surface area contributed by atoms with Crippen LogP contribution in [0.25, 0.3) is 0 Å². The first-order valence-electron chi connectivity index (χ1n) is 7.51. The van der Waals surface area contributed by atoms with Crippen LogP contribution in [-0.4, -0.2) is 32.7 Å². The maximum absolute atomic E-state index is 12.0. The smallest absolute Gasteiger partial charge is 0.275 e. The minimum absolute atomic E-state index is 0.151. The predicted molar refractivity (Wildman–Crippen MR) is 78.9 cm³/mol. The van der Waals surface area contributed by atoms with Gasteiger partial charge in [-0.3, -0.25) is 4.79 Å². The molecule has 0 radical (unpaired) electrons. The van der Waals surface area contributed by atoms with E-state index in [1.54, 1.807) is 7.11 Å². The van der Waals surface area contributed by atoms with E-state index in [4.69, 9.17) is 4.74 Å². The molecule has 20 heavy (non-hydrogen) atoms. The molecule has 1 aromatic rings. The topological polar surface area (TPSA) is 42.8 Å². The average molecular weight is 277 g/mol. The zero-order valence-corrected chi connectivity index (χ0v) is 12.3. The normalized spacial score (nSPS) is 16.4. The van der Waals surface area contributed by atoms with Crippen LogP contribution in [0.4, 0.5) is 0 Å². The Morgan fingerprint density at radius 2 is 1.80 bits per heavy atom. The van der Waals surface area contributed by atoms with Crippen LogP contribution in [0.3, 0.4) is 0 Å². The summed E-state index contributed by atoms with van der Waals surface area (Å²) in [5.41, 5.74) is 1.10. The summed E-state index contributed by atoms with van der Waals surface area (Å²) >= 11 is 0. The van der Waals surface area contributed by atoms with Crippen LogP contribution >= 0.6 is 0 Å². The Hall–Kier alpha value is -1.55. The van der Waals surface area contributed by atoms with Gasteiger partial charge in [-0.15, -0.1) is 0 Å². The fourth-order valence-corrected chi connectivity index (χ4v) is 2.64. The van der Waals surface area contributed by atoms with Gasteiger partial charge < -0.3 is 15.0 Å². The van der Waals surface area contributed by atoms with Crippen molar-refractivity contribution < 1.29 is 14.4 Å². The van der Waals surface area contributed by atoms with E-state index in [-0.39, 0.29) is 5.91 Å². The number of carbonyl (C=O) groups excluding carboxylic acids is 1. The summed E-state index contributed by atoms with van der Waals surface area (Å²) in [4.78, 5) is 13.4. The molecule has 1 aromatic carbocycles. The molecule has 110 valence electrons. The number of methoxy groups -OCH3 is 1. The van der Waals surface area contributed by atoms with Crippen molar-refractivity contribution in [3.63, 3.8) is 0 Å². The van der Waals surface area contributed by atoms with Crippen LogP contribution in [0, 0.1) is 0 Å². The lowest BCUT2D eigenvalue weighted by atomic mass is 10.2. The zero-order valence-electron chi connectivity index (χ0n) is 12.3. The van der Waals surface area contributed by atoms with Gasteiger partial charge in [-0.05, 0) is 43.4 Å². The number of benzene rings is 1. The Morgan fingerprint density at radius 1 is 1.15 bits per heavy atom. The Balaban J connectivity index is 1.73. The summed E-state index contributed by atoms with van der Waals surface area (Å²) in [5, 5.41) is 3.00. The van der Waals surface area contributed by atoms with Gasteiger partial charge in [-0.1, -0.05) is 12.1 Å². The minimum Gasteiger partial charge on any atom is -0.497 e. The van der Waals surface area contributed by atoms with Crippen LogP contribution in [0.15, 0.2) is 24.3 Å². The Labute approximate surface area is 121 Å². The molecular weight excluding hydrogens is 252 g/mol. The fraction of sp³-hybridized carbons (Fsp3) is 0.562. The molecule has 0 unspecified atom stereocenters. The third-order valence-electron chi connectivity index (χ3n) is 3.87. The number of hydrogen-bond acceptors (Lipinski definition) is 2. The van der Waals surface area contributed by atoms with Crippen LogP contribution in [0.1, 0.15) is 31.2 Å². The van der Waals surface area contributed by atoms with Crippen LogP contribution in [-0.2, 0) is 11.3 Å². The zero-order chi connectivity index (χ0) is 14.2. The van der Waals surface area contributed by atoms with E-state index in [1.807, 2.05) is 24.3 Å². The molecule has 2 rings (SSSR count). The van der Waals surface area contributed by atoms with E-state index < -0.39 is 0 Å². The molecule has 2 N–H and O–H groups in total. The quantitative estimate of drug-likeness (QED) is 0.835. The van der Waals surface area contributed by atoms with Gasteiger partial charge in [0, 0.05) is 6.54 Å².